The lowest BCUT2D eigenvalue weighted by Gasteiger charge is -2.31. The molecule has 4 aliphatic heterocycles. The highest BCUT2D eigenvalue weighted by molar-refractivity contribution is 7.22. The van der Waals surface area contributed by atoms with Crippen LogP contribution in [0.3, 0.4) is 0 Å². The van der Waals surface area contributed by atoms with Crippen LogP contribution in [0, 0.1) is 11.6 Å². The zero-order valence-electron chi connectivity index (χ0n) is 27.3. The lowest BCUT2D eigenvalue weighted by Crippen LogP contribution is -2.43. The first kappa shape index (κ1) is 33.7. The van der Waals surface area contributed by atoms with Gasteiger partial charge in [-0.15, -0.1) is 0 Å². The molecule has 3 N–H and O–H groups in total. The Morgan fingerprint density at radius 1 is 1.14 bits per heavy atom. The smallest absolute Gasteiger partial charge is 0.417 e. The van der Waals surface area contributed by atoms with E-state index >= 15 is 4.39 Å². The molecule has 5 atom stereocenters. The zero-order valence-corrected chi connectivity index (χ0v) is 28.1. The minimum absolute atomic E-state index is 0.0414. The number of nitrogen functional groups attached to an aromatic ring is 1. The Bertz CT molecular complexity index is 1940. The van der Waals surface area contributed by atoms with E-state index in [1.807, 2.05) is 4.90 Å². The minimum Gasteiger partial charge on any atom is -0.461 e. The number of nitrogens with one attached hydrogen (secondary N) is 1. The van der Waals surface area contributed by atoms with Gasteiger partial charge in [0.15, 0.2) is 10.9 Å². The summed E-state index contributed by atoms with van der Waals surface area (Å²) in [7, 11) is 1.64. The van der Waals surface area contributed by atoms with Gasteiger partial charge in [-0.05, 0) is 69.8 Å². The number of alkyl halides is 4. The van der Waals surface area contributed by atoms with Crippen LogP contribution in [0.2, 0.25) is 0 Å². The Hall–Kier alpha value is -3.47. The number of rotatable bonds is 10. The lowest BCUT2D eigenvalue weighted by atomic mass is 9.95. The van der Waals surface area contributed by atoms with Gasteiger partial charge in [-0.25, -0.2) is 18.2 Å². The molecule has 4 saturated heterocycles. The van der Waals surface area contributed by atoms with Crippen LogP contribution in [0.1, 0.15) is 50.5 Å². The standard InChI is InChI=1S/C34H37F6N7O2S/c1-48-11-3-9-42-23-12-18-4-7-24(23)47(18)30-20-13-21(34(38,39)40)25(19-5-6-22(36)29-28(19)43-31(41)50-29)26(37)27(20)44-32(45-30)49-16-33-8-2-10-46(33)15-17(35)14-33/h5-6,13,17-18,23-24,42H,2-4,7-12,14-16H2,1H3,(H2,41,43)/t17-,18-,23?,24-,33+/m1/s1. The summed E-state index contributed by atoms with van der Waals surface area (Å²) >= 11 is 0.766. The molecule has 1 unspecified atom stereocenters. The van der Waals surface area contributed by atoms with E-state index in [1.165, 1.54) is 0 Å². The maximum absolute atomic E-state index is 17.1. The highest BCUT2D eigenvalue weighted by Crippen LogP contribution is 2.49. The average Bonchev–Trinajstić information content (AvgIpc) is 3.88. The average molecular weight is 722 g/mol. The number of anilines is 2. The van der Waals surface area contributed by atoms with Crippen molar-refractivity contribution in [3.8, 4) is 17.1 Å². The summed E-state index contributed by atoms with van der Waals surface area (Å²) in [5, 5.41) is 3.39. The fourth-order valence-electron chi connectivity index (χ4n) is 8.82. The van der Waals surface area contributed by atoms with Gasteiger partial charge in [0.1, 0.15) is 29.9 Å². The van der Waals surface area contributed by atoms with Crippen molar-refractivity contribution in [1.82, 2.24) is 25.2 Å². The highest BCUT2D eigenvalue weighted by atomic mass is 32.1. The molecule has 0 amide bonds. The van der Waals surface area contributed by atoms with Crippen molar-refractivity contribution in [1.29, 1.82) is 0 Å². The van der Waals surface area contributed by atoms with Crippen LogP contribution >= 0.6 is 11.3 Å². The number of hydrogen-bond donors (Lipinski definition) is 2. The third-order valence-corrected chi connectivity index (χ3v) is 11.8. The maximum Gasteiger partial charge on any atom is 0.417 e. The first-order chi connectivity index (χ1) is 24.0. The van der Waals surface area contributed by atoms with E-state index in [9.17, 15) is 22.0 Å². The van der Waals surface area contributed by atoms with Crippen LogP contribution in [0.25, 0.3) is 32.2 Å². The Morgan fingerprint density at radius 2 is 1.98 bits per heavy atom. The molecule has 4 fully saturated rings. The second-order valence-electron chi connectivity index (χ2n) is 13.9. The molecule has 6 heterocycles. The quantitative estimate of drug-likeness (QED) is 0.141. The van der Waals surface area contributed by atoms with E-state index in [0.717, 1.165) is 68.2 Å². The van der Waals surface area contributed by atoms with Gasteiger partial charge in [-0.3, -0.25) is 4.90 Å². The molecule has 8 rings (SSSR count). The summed E-state index contributed by atoms with van der Waals surface area (Å²) in [6.45, 7) is 2.38. The number of methoxy groups -OCH3 is 1. The first-order valence-electron chi connectivity index (χ1n) is 17.0. The summed E-state index contributed by atoms with van der Waals surface area (Å²) in [4.78, 5) is 17.3. The summed E-state index contributed by atoms with van der Waals surface area (Å²) in [6.07, 6.45) is -1.04. The Morgan fingerprint density at radius 3 is 2.78 bits per heavy atom. The van der Waals surface area contributed by atoms with Crippen molar-refractivity contribution in [3.05, 3.63) is 35.4 Å². The van der Waals surface area contributed by atoms with Gasteiger partial charge in [-0.1, -0.05) is 11.3 Å². The number of fused-ring (bicyclic) bond motifs is 5. The zero-order chi connectivity index (χ0) is 34.9. The van der Waals surface area contributed by atoms with Crippen LogP contribution in [0.5, 0.6) is 6.01 Å². The van der Waals surface area contributed by atoms with Crippen molar-refractivity contribution in [2.24, 2.45) is 0 Å². The highest BCUT2D eigenvalue weighted by Gasteiger charge is 2.50. The van der Waals surface area contributed by atoms with Crippen LogP contribution in [-0.2, 0) is 10.9 Å². The fraction of sp³-hybridized carbons (Fsp3) is 0.559. The molecule has 9 nitrogen and oxygen atoms in total. The number of nitrogens with zero attached hydrogens (tertiary/aromatic N) is 5. The number of halogens is 6. The number of hydrogen-bond acceptors (Lipinski definition) is 10. The summed E-state index contributed by atoms with van der Waals surface area (Å²) in [5.41, 5.74) is 2.40. The number of thiazole rings is 1. The van der Waals surface area contributed by atoms with Crippen molar-refractivity contribution in [2.45, 2.75) is 81.0 Å². The van der Waals surface area contributed by atoms with Crippen molar-refractivity contribution >= 4 is 43.4 Å². The molecular weight excluding hydrogens is 684 g/mol. The molecule has 2 aromatic carbocycles. The van der Waals surface area contributed by atoms with Gasteiger partial charge in [0.25, 0.3) is 0 Å². The maximum atomic E-state index is 17.1. The normalized spacial score (nSPS) is 26.6. The molecule has 0 radical (unpaired) electrons. The number of benzene rings is 2. The van der Waals surface area contributed by atoms with Gasteiger partial charge >= 0.3 is 12.2 Å². The first-order valence-corrected chi connectivity index (χ1v) is 17.8. The predicted octanol–water partition coefficient (Wildman–Crippen LogP) is 6.48. The Kier molecular flexibility index (Phi) is 8.51. The van der Waals surface area contributed by atoms with E-state index < -0.39 is 40.6 Å². The topological polar surface area (TPSA) is 102 Å². The second-order valence-corrected chi connectivity index (χ2v) is 14.9. The van der Waals surface area contributed by atoms with Crippen molar-refractivity contribution < 1.29 is 35.8 Å². The molecule has 4 aromatic rings. The van der Waals surface area contributed by atoms with Gasteiger partial charge < -0.3 is 25.4 Å². The van der Waals surface area contributed by atoms with Gasteiger partial charge in [0, 0.05) is 61.3 Å². The SMILES string of the molecule is COCCCNC1C[C@H]2CC[C@H]1N2c1nc(OC[C@@]23CCCN2C[C@H](F)C3)nc2c(F)c(-c3ccc(F)c4sc(N)nc34)c(C(F)(F)F)cc12. The van der Waals surface area contributed by atoms with Crippen LogP contribution < -0.4 is 20.7 Å². The summed E-state index contributed by atoms with van der Waals surface area (Å²) < 4.78 is 103. The molecule has 0 saturated carbocycles. The van der Waals surface area contributed by atoms with E-state index in [4.69, 9.17) is 20.2 Å². The monoisotopic (exact) mass is 721 g/mol. The lowest BCUT2D eigenvalue weighted by molar-refractivity contribution is -0.137. The molecule has 50 heavy (non-hydrogen) atoms. The Balaban J connectivity index is 1.28. The number of ether oxygens (including phenoxy) is 2. The molecule has 0 spiro atoms. The minimum atomic E-state index is -5.01. The molecule has 16 heteroatoms. The van der Waals surface area contributed by atoms with Crippen LogP contribution in [0.4, 0.5) is 37.3 Å². The summed E-state index contributed by atoms with van der Waals surface area (Å²) in [6, 6.07) is 2.64. The molecule has 268 valence electrons. The largest absolute Gasteiger partial charge is 0.461 e. The third-order valence-electron chi connectivity index (χ3n) is 10.9. The van der Waals surface area contributed by atoms with E-state index in [0.29, 0.717) is 26.1 Å². The van der Waals surface area contributed by atoms with Crippen LogP contribution in [-0.4, -0.2) is 89.6 Å². The van der Waals surface area contributed by atoms with E-state index in [2.05, 4.69) is 20.2 Å². The fourth-order valence-corrected chi connectivity index (χ4v) is 9.59. The molecule has 2 aromatic heterocycles. The second kappa shape index (κ2) is 12.6. The molecule has 0 aliphatic carbocycles. The molecule has 2 bridgehead atoms. The number of aromatic nitrogens is 3. The molecular formula is C34H37F6N7O2S. The third kappa shape index (κ3) is 5.62. The van der Waals surface area contributed by atoms with Gasteiger partial charge in [0.05, 0.1) is 21.3 Å². The van der Waals surface area contributed by atoms with Gasteiger partial charge in [0.2, 0.25) is 0 Å². The Labute approximate surface area is 288 Å². The van der Waals surface area contributed by atoms with Gasteiger partial charge in [-0.2, -0.15) is 23.1 Å². The summed E-state index contributed by atoms with van der Waals surface area (Å²) in [5.74, 6) is -1.83. The van der Waals surface area contributed by atoms with E-state index in [1.54, 1.807) is 7.11 Å². The van der Waals surface area contributed by atoms with E-state index in [-0.39, 0.29) is 74.8 Å². The molecule has 4 aliphatic rings. The van der Waals surface area contributed by atoms with Crippen molar-refractivity contribution in [3.63, 3.8) is 0 Å². The number of nitrogens with two attached hydrogens (primary N) is 1. The predicted molar refractivity (Wildman–Crippen MR) is 178 cm³/mol. The van der Waals surface area contributed by atoms with Crippen LogP contribution in [0.15, 0.2) is 18.2 Å². The van der Waals surface area contributed by atoms with Crippen molar-refractivity contribution in [2.75, 3.05) is 50.6 Å².